The molecule has 0 bridgehead atoms. The van der Waals surface area contributed by atoms with Gasteiger partial charge >= 0.3 is 0 Å². The van der Waals surface area contributed by atoms with Gasteiger partial charge in [0, 0.05) is 12.7 Å². The molecule has 1 aliphatic rings. The number of hydrogen-bond acceptors (Lipinski definition) is 2. The number of aromatic nitrogens is 1. The van der Waals surface area contributed by atoms with E-state index >= 15 is 0 Å². The molecule has 2 rings (SSSR count). The minimum Gasteiger partial charge on any atom is -0.394 e. The SMILES string of the molecule is Cc1ccn(CC2CCCCC2)c(=O)c1N. The lowest BCUT2D eigenvalue weighted by molar-refractivity contribution is 0.316. The van der Waals surface area contributed by atoms with Crippen LogP contribution in [0.5, 0.6) is 0 Å². The fourth-order valence-electron chi connectivity index (χ4n) is 2.47. The molecule has 16 heavy (non-hydrogen) atoms. The van der Waals surface area contributed by atoms with Gasteiger partial charge in [0.2, 0.25) is 0 Å². The van der Waals surface area contributed by atoms with Gasteiger partial charge in [-0.1, -0.05) is 19.3 Å². The molecule has 0 aliphatic heterocycles. The summed E-state index contributed by atoms with van der Waals surface area (Å²) in [4.78, 5) is 11.9. The lowest BCUT2D eigenvalue weighted by atomic mass is 9.89. The first kappa shape index (κ1) is 11.2. The van der Waals surface area contributed by atoms with Crippen LogP contribution in [0.3, 0.4) is 0 Å². The van der Waals surface area contributed by atoms with E-state index in [0.29, 0.717) is 11.6 Å². The molecule has 0 aromatic carbocycles. The van der Waals surface area contributed by atoms with E-state index in [1.165, 1.54) is 32.1 Å². The summed E-state index contributed by atoms with van der Waals surface area (Å²) >= 11 is 0. The van der Waals surface area contributed by atoms with Gasteiger partial charge in [-0.2, -0.15) is 0 Å². The van der Waals surface area contributed by atoms with Gasteiger partial charge in [-0.3, -0.25) is 4.79 Å². The minimum atomic E-state index is -0.0226. The van der Waals surface area contributed by atoms with E-state index in [0.717, 1.165) is 12.1 Å². The molecule has 3 heteroatoms. The lowest BCUT2D eigenvalue weighted by Crippen LogP contribution is -2.27. The molecule has 1 heterocycles. The number of nitrogens with two attached hydrogens (primary N) is 1. The van der Waals surface area contributed by atoms with Crippen LogP contribution < -0.4 is 11.3 Å². The molecule has 0 amide bonds. The van der Waals surface area contributed by atoms with E-state index in [1.807, 2.05) is 19.2 Å². The van der Waals surface area contributed by atoms with Crippen LogP contribution in [-0.4, -0.2) is 4.57 Å². The fourth-order valence-corrected chi connectivity index (χ4v) is 2.47. The van der Waals surface area contributed by atoms with Crippen molar-refractivity contribution in [2.75, 3.05) is 5.73 Å². The predicted octanol–water partition coefficient (Wildman–Crippen LogP) is 2.32. The molecule has 1 saturated carbocycles. The average Bonchev–Trinajstić information content (AvgIpc) is 2.31. The van der Waals surface area contributed by atoms with Crippen LogP contribution in [0.2, 0.25) is 0 Å². The highest BCUT2D eigenvalue weighted by molar-refractivity contribution is 5.42. The van der Waals surface area contributed by atoms with Gasteiger partial charge < -0.3 is 10.3 Å². The van der Waals surface area contributed by atoms with E-state index in [-0.39, 0.29) is 5.56 Å². The standard InChI is InChI=1S/C13H20N2O/c1-10-7-8-15(13(16)12(10)14)9-11-5-3-2-4-6-11/h7-8,11H,2-6,9,14H2,1H3. The number of anilines is 1. The van der Waals surface area contributed by atoms with Crippen molar-refractivity contribution in [3.8, 4) is 0 Å². The van der Waals surface area contributed by atoms with Crippen molar-refractivity contribution in [2.45, 2.75) is 45.6 Å². The quantitative estimate of drug-likeness (QED) is 0.831. The Morgan fingerprint density at radius 3 is 2.75 bits per heavy atom. The summed E-state index contributed by atoms with van der Waals surface area (Å²) in [6.45, 7) is 2.71. The molecule has 1 aromatic rings. The fraction of sp³-hybridized carbons (Fsp3) is 0.615. The lowest BCUT2D eigenvalue weighted by Gasteiger charge is -2.22. The molecule has 1 aromatic heterocycles. The number of rotatable bonds is 2. The van der Waals surface area contributed by atoms with Crippen molar-refractivity contribution in [3.63, 3.8) is 0 Å². The summed E-state index contributed by atoms with van der Waals surface area (Å²) < 4.78 is 1.78. The Labute approximate surface area is 96.3 Å². The van der Waals surface area contributed by atoms with Gasteiger partial charge in [-0.25, -0.2) is 0 Å². The molecule has 0 saturated heterocycles. The molecule has 2 N–H and O–H groups in total. The number of pyridine rings is 1. The smallest absolute Gasteiger partial charge is 0.273 e. The minimum absolute atomic E-state index is 0.0226. The maximum atomic E-state index is 11.9. The summed E-state index contributed by atoms with van der Waals surface area (Å²) in [6.07, 6.45) is 8.34. The largest absolute Gasteiger partial charge is 0.394 e. The molecule has 1 aliphatic carbocycles. The van der Waals surface area contributed by atoms with Crippen LogP contribution in [0.15, 0.2) is 17.1 Å². The Morgan fingerprint density at radius 1 is 1.38 bits per heavy atom. The highest BCUT2D eigenvalue weighted by atomic mass is 16.1. The highest BCUT2D eigenvalue weighted by Gasteiger charge is 2.15. The molecular formula is C13H20N2O. The Balaban J connectivity index is 2.15. The summed E-state index contributed by atoms with van der Waals surface area (Å²) in [7, 11) is 0. The van der Waals surface area contributed by atoms with Crippen molar-refractivity contribution < 1.29 is 0 Å². The molecule has 0 atom stereocenters. The van der Waals surface area contributed by atoms with Crippen LogP contribution in [-0.2, 0) is 6.54 Å². The summed E-state index contributed by atoms with van der Waals surface area (Å²) in [6, 6.07) is 1.93. The summed E-state index contributed by atoms with van der Waals surface area (Å²) in [5, 5.41) is 0. The van der Waals surface area contributed by atoms with Gasteiger partial charge in [0.25, 0.3) is 5.56 Å². The highest BCUT2D eigenvalue weighted by Crippen LogP contribution is 2.24. The van der Waals surface area contributed by atoms with Gasteiger partial charge in [0.1, 0.15) is 5.69 Å². The third kappa shape index (κ3) is 2.29. The van der Waals surface area contributed by atoms with Gasteiger partial charge in [-0.15, -0.1) is 0 Å². The Hall–Kier alpha value is -1.25. The molecule has 1 fully saturated rings. The second-order valence-corrected chi connectivity index (χ2v) is 4.87. The molecule has 0 spiro atoms. The maximum absolute atomic E-state index is 11.9. The number of nitrogens with zero attached hydrogens (tertiary/aromatic N) is 1. The van der Waals surface area contributed by atoms with Crippen LogP contribution in [0.4, 0.5) is 5.69 Å². The van der Waals surface area contributed by atoms with Crippen LogP contribution in [0, 0.1) is 12.8 Å². The van der Waals surface area contributed by atoms with Crippen molar-refractivity contribution in [1.29, 1.82) is 0 Å². The van der Waals surface area contributed by atoms with E-state index in [9.17, 15) is 4.79 Å². The Kier molecular flexibility index (Phi) is 3.32. The van der Waals surface area contributed by atoms with Crippen molar-refractivity contribution in [3.05, 3.63) is 28.2 Å². The normalized spacial score (nSPS) is 17.6. The van der Waals surface area contributed by atoms with Crippen molar-refractivity contribution in [1.82, 2.24) is 4.57 Å². The number of nitrogen functional groups attached to an aromatic ring is 1. The first-order chi connectivity index (χ1) is 7.68. The second kappa shape index (κ2) is 4.73. The van der Waals surface area contributed by atoms with Gasteiger partial charge in [-0.05, 0) is 37.3 Å². The Morgan fingerprint density at radius 2 is 2.06 bits per heavy atom. The zero-order valence-corrected chi connectivity index (χ0v) is 9.91. The average molecular weight is 220 g/mol. The number of hydrogen-bond donors (Lipinski definition) is 1. The van der Waals surface area contributed by atoms with Gasteiger partial charge in [0.05, 0.1) is 0 Å². The maximum Gasteiger partial charge on any atom is 0.273 e. The summed E-state index contributed by atoms with van der Waals surface area (Å²) in [5.74, 6) is 0.661. The molecule has 3 nitrogen and oxygen atoms in total. The first-order valence-corrected chi connectivity index (χ1v) is 6.14. The third-order valence-electron chi connectivity index (χ3n) is 3.60. The van der Waals surface area contributed by atoms with E-state index in [2.05, 4.69) is 0 Å². The number of aryl methyl sites for hydroxylation is 1. The first-order valence-electron chi connectivity index (χ1n) is 6.14. The molecular weight excluding hydrogens is 200 g/mol. The molecule has 0 unspecified atom stereocenters. The molecule has 0 radical (unpaired) electrons. The molecule has 88 valence electrons. The monoisotopic (exact) mass is 220 g/mol. The van der Waals surface area contributed by atoms with E-state index < -0.39 is 0 Å². The van der Waals surface area contributed by atoms with E-state index in [4.69, 9.17) is 5.73 Å². The van der Waals surface area contributed by atoms with Crippen LogP contribution in [0.1, 0.15) is 37.7 Å². The second-order valence-electron chi connectivity index (χ2n) is 4.87. The van der Waals surface area contributed by atoms with E-state index in [1.54, 1.807) is 4.57 Å². The van der Waals surface area contributed by atoms with Crippen LogP contribution in [0.25, 0.3) is 0 Å². The predicted molar refractivity (Wildman–Crippen MR) is 66.4 cm³/mol. The third-order valence-corrected chi connectivity index (χ3v) is 3.60. The summed E-state index contributed by atoms with van der Waals surface area (Å²) in [5.41, 5.74) is 7.01. The topological polar surface area (TPSA) is 48.0 Å². The zero-order chi connectivity index (χ0) is 11.5. The van der Waals surface area contributed by atoms with Crippen molar-refractivity contribution in [2.24, 2.45) is 5.92 Å². The van der Waals surface area contributed by atoms with Gasteiger partial charge in [0.15, 0.2) is 0 Å². The Bertz CT molecular complexity index is 416. The van der Waals surface area contributed by atoms with Crippen LogP contribution >= 0.6 is 0 Å². The van der Waals surface area contributed by atoms with Crippen molar-refractivity contribution >= 4 is 5.69 Å². The zero-order valence-electron chi connectivity index (χ0n) is 9.91.